The lowest BCUT2D eigenvalue weighted by Gasteiger charge is -1.88. The van der Waals surface area contributed by atoms with Gasteiger partial charge in [-0.15, -0.1) is 0 Å². The molecule has 0 aromatic carbocycles. The molecule has 14 heavy (non-hydrogen) atoms. The fourth-order valence-electron chi connectivity index (χ4n) is 0.909. The smallest absolute Gasteiger partial charge is 0.244 e. The second-order valence-corrected chi connectivity index (χ2v) is 3.19. The summed E-state index contributed by atoms with van der Waals surface area (Å²) < 4.78 is 0. The van der Waals surface area contributed by atoms with Crippen LogP contribution in [0.3, 0.4) is 0 Å². The SMILES string of the molecule is CCCC/C=N/C(=O)/N=C/CCCC. The van der Waals surface area contributed by atoms with E-state index in [1.807, 2.05) is 0 Å². The summed E-state index contributed by atoms with van der Waals surface area (Å²) in [6.45, 7) is 4.22. The largest absolute Gasteiger partial charge is 0.366 e. The van der Waals surface area contributed by atoms with E-state index in [0.717, 1.165) is 38.5 Å². The van der Waals surface area contributed by atoms with Gasteiger partial charge in [-0.3, -0.25) is 0 Å². The molecule has 0 aliphatic rings. The molecule has 80 valence electrons. The monoisotopic (exact) mass is 196 g/mol. The van der Waals surface area contributed by atoms with E-state index in [2.05, 4.69) is 23.8 Å². The van der Waals surface area contributed by atoms with E-state index in [1.165, 1.54) is 0 Å². The number of amides is 2. The van der Waals surface area contributed by atoms with Crippen LogP contribution in [0, 0.1) is 0 Å². The Balaban J connectivity index is 3.53. The van der Waals surface area contributed by atoms with Crippen LogP contribution >= 0.6 is 0 Å². The normalized spacial score (nSPS) is 11.6. The number of hydrogen-bond donors (Lipinski definition) is 0. The highest BCUT2D eigenvalue weighted by Gasteiger charge is 1.89. The quantitative estimate of drug-likeness (QED) is 0.472. The van der Waals surface area contributed by atoms with Crippen molar-refractivity contribution in [1.82, 2.24) is 0 Å². The molecule has 0 atom stereocenters. The molecule has 0 N–H and O–H groups in total. The molecular weight excluding hydrogens is 176 g/mol. The van der Waals surface area contributed by atoms with E-state index < -0.39 is 0 Å². The van der Waals surface area contributed by atoms with Gasteiger partial charge < -0.3 is 0 Å². The summed E-state index contributed by atoms with van der Waals surface area (Å²) in [6.07, 6.45) is 9.46. The topological polar surface area (TPSA) is 41.8 Å². The van der Waals surface area contributed by atoms with Crippen LogP contribution in [0.1, 0.15) is 52.4 Å². The van der Waals surface area contributed by atoms with Gasteiger partial charge >= 0.3 is 6.03 Å². The van der Waals surface area contributed by atoms with Gasteiger partial charge in [0.2, 0.25) is 0 Å². The van der Waals surface area contributed by atoms with Crippen LogP contribution in [-0.2, 0) is 0 Å². The predicted molar refractivity (Wildman–Crippen MR) is 61.4 cm³/mol. The first kappa shape index (κ1) is 13.0. The van der Waals surface area contributed by atoms with Crippen LogP contribution in [0.15, 0.2) is 9.98 Å². The maximum atomic E-state index is 11.0. The predicted octanol–water partition coefficient (Wildman–Crippen LogP) is 3.63. The Labute approximate surface area is 86.3 Å². The summed E-state index contributed by atoms with van der Waals surface area (Å²) in [5, 5.41) is 0. The number of carbonyl (C=O) groups excluding carboxylic acids is 1. The van der Waals surface area contributed by atoms with E-state index >= 15 is 0 Å². The third-order valence-electron chi connectivity index (χ3n) is 1.78. The first-order chi connectivity index (χ1) is 6.81. The second kappa shape index (κ2) is 10.1. The summed E-state index contributed by atoms with van der Waals surface area (Å²) in [5.41, 5.74) is 0. The number of urea groups is 1. The van der Waals surface area contributed by atoms with Crippen molar-refractivity contribution in [2.24, 2.45) is 9.98 Å². The Morgan fingerprint density at radius 1 is 1.00 bits per heavy atom. The molecule has 0 saturated carbocycles. The molecule has 3 heteroatoms. The molecule has 0 heterocycles. The van der Waals surface area contributed by atoms with Crippen LogP contribution in [0.2, 0.25) is 0 Å². The molecule has 0 saturated heterocycles. The highest BCUT2D eigenvalue weighted by molar-refractivity contribution is 5.89. The first-order valence-electron chi connectivity index (χ1n) is 5.40. The average Bonchev–Trinajstić information content (AvgIpc) is 2.19. The molecule has 0 spiro atoms. The number of rotatable bonds is 6. The zero-order valence-corrected chi connectivity index (χ0v) is 9.20. The molecule has 0 aliphatic carbocycles. The third-order valence-corrected chi connectivity index (χ3v) is 1.78. The van der Waals surface area contributed by atoms with Crippen LogP contribution < -0.4 is 0 Å². The van der Waals surface area contributed by atoms with Crippen molar-refractivity contribution in [2.45, 2.75) is 52.4 Å². The lowest BCUT2D eigenvalue weighted by Crippen LogP contribution is -1.87. The summed E-state index contributed by atoms with van der Waals surface area (Å²) in [5.74, 6) is 0. The molecule has 0 aliphatic heterocycles. The van der Waals surface area contributed by atoms with Gasteiger partial charge in [0, 0.05) is 12.4 Å². The molecule has 2 amide bonds. The maximum absolute atomic E-state index is 11.0. The van der Waals surface area contributed by atoms with E-state index in [4.69, 9.17) is 0 Å². The van der Waals surface area contributed by atoms with E-state index in [9.17, 15) is 4.79 Å². The lowest BCUT2D eigenvalue weighted by atomic mass is 10.3. The minimum atomic E-state index is -0.378. The Bertz CT molecular complexity index is 177. The van der Waals surface area contributed by atoms with Crippen molar-refractivity contribution in [2.75, 3.05) is 0 Å². The summed E-state index contributed by atoms with van der Waals surface area (Å²) in [6, 6.07) is -0.378. The van der Waals surface area contributed by atoms with Crippen molar-refractivity contribution in [3.63, 3.8) is 0 Å². The molecule has 0 bridgehead atoms. The van der Waals surface area contributed by atoms with E-state index in [-0.39, 0.29) is 6.03 Å². The second-order valence-electron chi connectivity index (χ2n) is 3.19. The fourth-order valence-corrected chi connectivity index (χ4v) is 0.909. The number of aliphatic imine (C=N–C) groups is 2. The Kier molecular flexibility index (Phi) is 9.38. The van der Waals surface area contributed by atoms with Gasteiger partial charge in [0.15, 0.2) is 0 Å². The minimum Gasteiger partial charge on any atom is -0.244 e. The molecule has 0 radical (unpaired) electrons. The van der Waals surface area contributed by atoms with Crippen LogP contribution in [0.5, 0.6) is 0 Å². The number of nitrogens with zero attached hydrogens (tertiary/aromatic N) is 2. The maximum Gasteiger partial charge on any atom is 0.366 e. The molecule has 0 aromatic rings. The highest BCUT2D eigenvalue weighted by atomic mass is 16.2. The standard InChI is InChI=1S/C11H20N2O/c1-3-5-7-9-12-11(14)13-10-8-6-4-2/h9-10H,3-8H2,1-2H3/b12-9+,13-10+. The molecule has 0 unspecified atom stereocenters. The third kappa shape index (κ3) is 9.10. The Morgan fingerprint density at radius 2 is 1.43 bits per heavy atom. The zero-order chi connectivity index (χ0) is 10.6. The summed E-state index contributed by atoms with van der Waals surface area (Å²) in [7, 11) is 0. The fraction of sp³-hybridized carbons (Fsp3) is 0.727. The van der Waals surface area contributed by atoms with E-state index in [0.29, 0.717) is 0 Å². The summed E-state index contributed by atoms with van der Waals surface area (Å²) in [4.78, 5) is 18.4. The van der Waals surface area contributed by atoms with Crippen molar-refractivity contribution >= 4 is 18.5 Å². The zero-order valence-electron chi connectivity index (χ0n) is 9.20. The average molecular weight is 196 g/mol. The van der Waals surface area contributed by atoms with E-state index in [1.54, 1.807) is 12.4 Å². The van der Waals surface area contributed by atoms with Gasteiger partial charge in [-0.25, -0.2) is 14.8 Å². The number of carbonyl (C=O) groups is 1. The van der Waals surface area contributed by atoms with Gasteiger partial charge in [0.25, 0.3) is 0 Å². The summed E-state index contributed by atoms with van der Waals surface area (Å²) >= 11 is 0. The minimum absolute atomic E-state index is 0.378. The lowest BCUT2D eigenvalue weighted by molar-refractivity contribution is 0.257. The Morgan fingerprint density at radius 3 is 1.79 bits per heavy atom. The molecule has 3 nitrogen and oxygen atoms in total. The molecule has 0 aromatic heterocycles. The van der Waals surface area contributed by atoms with Crippen LogP contribution in [0.25, 0.3) is 0 Å². The van der Waals surface area contributed by atoms with Crippen molar-refractivity contribution in [1.29, 1.82) is 0 Å². The number of hydrogen-bond acceptors (Lipinski definition) is 1. The van der Waals surface area contributed by atoms with Crippen LogP contribution in [-0.4, -0.2) is 18.5 Å². The van der Waals surface area contributed by atoms with Gasteiger partial charge in [-0.1, -0.05) is 26.7 Å². The van der Waals surface area contributed by atoms with Gasteiger partial charge in [-0.2, -0.15) is 0 Å². The highest BCUT2D eigenvalue weighted by Crippen LogP contribution is 1.92. The van der Waals surface area contributed by atoms with Crippen molar-refractivity contribution in [3.05, 3.63) is 0 Å². The Hall–Kier alpha value is -0.990. The van der Waals surface area contributed by atoms with Crippen LogP contribution in [0.4, 0.5) is 4.79 Å². The number of unbranched alkanes of at least 4 members (excludes halogenated alkanes) is 4. The molecule has 0 rings (SSSR count). The van der Waals surface area contributed by atoms with Gasteiger partial charge in [0.05, 0.1) is 0 Å². The molecular formula is C11H20N2O. The van der Waals surface area contributed by atoms with Gasteiger partial charge in [0.1, 0.15) is 0 Å². The first-order valence-corrected chi connectivity index (χ1v) is 5.40. The van der Waals surface area contributed by atoms with Gasteiger partial charge in [-0.05, 0) is 25.7 Å². The molecule has 0 fully saturated rings. The van der Waals surface area contributed by atoms with Crippen molar-refractivity contribution < 1.29 is 4.79 Å². The van der Waals surface area contributed by atoms with Crippen molar-refractivity contribution in [3.8, 4) is 0 Å².